The van der Waals surface area contributed by atoms with E-state index in [2.05, 4.69) is 10.6 Å². The van der Waals surface area contributed by atoms with Gasteiger partial charge in [-0.1, -0.05) is 12.1 Å². The molecule has 0 aromatic heterocycles. The lowest BCUT2D eigenvalue weighted by atomic mass is 10.1. The zero-order chi connectivity index (χ0) is 17.4. The molecule has 0 aliphatic carbocycles. The van der Waals surface area contributed by atoms with Crippen LogP contribution in [0, 0.1) is 5.82 Å². The Morgan fingerprint density at radius 1 is 1.42 bits per heavy atom. The van der Waals surface area contributed by atoms with Crippen LogP contribution in [0.5, 0.6) is 0 Å². The van der Waals surface area contributed by atoms with Crippen LogP contribution in [-0.2, 0) is 20.7 Å². The molecule has 2 atom stereocenters. The third-order valence-electron chi connectivity index (χ3n) is 3.69. The highest BCUT2D eigenvalue weighted by atomic mass is 32.2. The molecule has 1 aromatic rings. The maximum absolute atomic E-state index is 12.9. The molecule has 7 heteroatoms. The summed E-state index contributed by atoms with van der Waals surface area (Å²) in [5.41, 5.74) is 0.905. The van der Waals surface area contributed by atoms with Gasteiger partial charge in [-0.15, -0.1) is 11.8 Å². The Kier molecular flexibility index (Phi) is 7.52. The first kappa shape index (κ1) is 18.7. The van der Waals surface area contributed by atoms with Gasteiger partial charge in [0, 0.05) is 25.5 Å². The van der Waals surface area contributed by atoms with E-state index < -0.39 is 6.04 Å². The maximum atomic E-state index is 12.9. The van der Waals surface area contributed by atoms with Crippen molar-refractivity contribution in [3.63, 3.8) is 0 Å². The van der Waals surface area contributed by atoms with Crippen LogP contribution < -0.4 is 10.6 Å². The van der Waals surface area contributed by atoms with Gasteiger partial charge >= 0.3 is 0 Å². The second kappa shape index (κ2) is 9.64. The van der Waals surface area contributed by atoms with E-state index in [1.807, 2.05) is 6.92 Å². The molecule has 5 nitrogen and oxygen atoms in total. The first-order chi connectivity index (χ1) is 11.6. The minimum atomic E-state index is -0.501. The monoisotopic (exact) mass is 354 g/mol. The molecule has 2 rings (SSSR count). The average molecular weight is 354 g/mol. The lowest BCUT2D eigenvalue weighted by Gasteiger charge is -2.28. The van der Waals surface area contributed by atoms with Crippen LogP contribution in [0.1, 0.15) is 18.9 Å². The Morgan fingerprint density at radius 2 is 2.17 bits per heavy atom. The summed E-state index contributed by atoms with van der Waals surface area (Å²) < 4.78 is 18.1. The molecular formula is C17H23FN2O3S. The predicted octanol–water partition coefficient (Wildman–Crippen LogP) is 1.51. The van der Waals surface area contributed by atoms with Crippen LogP contribution >= 0.6 is 11.8 Å². The molecule has 132 valence electrons. The van der Waals surface area contributed by atoms with Crippen LogP contribution in [0.3, 0.4) is 0 Å². The van der Waals surface area contributed by atoms with Crippen LogP contribution in [0.15, 0.2) is 24.3 Å². The predicted molar refractivity (Wildman–Crippen MR) is 92.4 cm³/mol. The fourth-order valence-electron chi connectivity index (χ4n) is 2.38. The number of ether oxygens (including phenoxy) is 1. The molecule has 2 N–H and O–H groups in total. The zero-order valence-corrected chi connectivity index (χ0v) is 14.5. The van der Waals surface area contributed by atoms with E-state index in [1.54, 1.807) is 12.1 Å². The van der Waals surface area contributed by atoms with E-state index >= 15 is 0 Å². The third-order valence-corrected chi connectivity index (χ3v) is 5.00. The quantitative estimate of drug-likeness (QED) is 0.695. The molecule has 1 aromatic carbocycles. The van der Waals surface area contributed by atoms with Crippen LogP contribution in [0.2, 0.25) is 0 Å². The van der Waals surface area contributed by atoms with Gasteiger partial charge in [0.2, 0.25) is 11.8 Å². The molecule has 0 spiro atoms. The maximum Gasteiger partial charge on any atom is 0.243 e. The van der Waals surface area contributed by atoms with Crippen molar-refractivity contribution in [3.8, 4) is 0 Å². The Morgan fingerprint density at radius 3 is 2.83 bits per heavy atom. The Balaban J connectivity index is 1.74. The molecule has 2 amide bonds. The number of benzene rings is 1. The van der Waals surface area contributed by atoms with E-state index in [1.165, 1.54) is 23.9 Å². The number of thioether (sulfide) groups is 1. The minimum absolute atomic E-state index is 0.148. The molecule has 1 heterocycles. The van der Waals surface area contributed by atoms with E-state index in [-0.39, 0.29) is 22.9 Å². The van der Waals surface area contributed by atoms with Crippen molar-refractivity contribution in [2.45, 2.75) is 31.1 Å². The van der Waals surface area contributed by atoms with E-state index in [0.717, 1.165) is 12.0 Å². The first-order valence-corrected chi connectivity index (χ1v) is 9.17. The van der Waals surface area contributed by atoms with Crippen molar-refractivity contribution in [1.82, 2.24) is 10.6 Å². The van der Waals surface area contributed by atoms with Crippen LogP contribution in [-0.4, -0.2) is 48.6 Å². The fourth-order valence-corrected chi connectivity index (χ4v) is 3.56. The van der Waals surface area contributed by atoms with Gasteiger partial charge in [-0.05, 0) is 37.5 Å². The lowest BCUT2D eigenvalue weighted by Crippen LogP contribution is -2.54. The van der Waals surface area contributed by atoms with Gasteiger partial charge in [-0.2, -0.15) is 0 Å². The number of carbonyl (C=O) groups is 2. The van der Waals surface area contributed by atoms with E-state index in [4.69, 9.17) is 4.74 Å². The second-order valence-electron chi connectivity index (χ2n) is 5.56. The van der Waals surface area contributed by atoms with Crippen molar-refractivity contribution in [3.05, 3.63) is 35.6 Å². The van der Waals surface area contributed by atoms with Gasteiger partial charge in [0.1, 0.15) is 11.9 Å². The van der Waals surface area contributed by atoms with Gasteiger partial charge in [-0.25, -0.2) is 4.39 Å². The topological polar surface area (TPSA) is 67.4 Å². The highest BCUT2D eigenvalue weighted by molar-refractivity contribution is 8.00. The SMILES string of the molecule is CCOCCCNC(=O)[C@@H]1CS[C@H](Cc2ccc(F)cc2)C(=O)N1. The molecule has 1 aliphatic heterocycles. The molecule has 0 saturated carbocycles. The van der Waals surface area contributed by atoms with Crippen molar-refractivity contribution >= 4 is 23.6 Å². The number of nitrogens with one attached hydrogen (secondary N) is 2. The van der Waals surface area contributed by atoms with Crippen LogP contribution in [0.25, 0.3) is 0 Å². The summed E-state index contributed by atoms with van der Waals surface area (Å²) in [5, 5.41) is 5.33. The highest BCUT2D eigenvalue weighted by Crippen LogP contribution is 2.22. The number of carbonyl (C=O) groups excluding carboxylic acids is 2. The van der Waals surface area contributed by atoms with Gasteiger partial charge in [0.15, 0.2) is 0 Å². The Bertz CT molecular complexity index is 553. The largest absolute Gasteiger partial charge is 0.382 e. The molecule has 0 unspecified atom stereocenters. The molecule has 1 fully saturated rings. The molecule has 1 aliphatic rings. The smallest absolute Gasteiger partial charge is 0.243 e. The van der Waals surface area contributed by atoms with Gasteiger partial charge in [0.05, 0.1) is 5.25 Å². The van der Waals surface area contributed by atoms with Crippen LogP contribution in [0.4, 0.5) is 4.39 Å². The number of amides is 2. The van der Waals surface area contributed by atoms with Crippen molar-refractivity contribution in [2.75, 3.05) is 25.5 Å². The summed E-state index contributed by atoms with van der Waals surface area (Å²) in [6.45, 7) is 3.74. The molecule has 24 heavy (non-hydrogen) atoms. The zero-order valence-electron chi connectivity index (χ0n) is 13.7. The number of hydrogen-bond donors (Lipinski definition) is 2. The van der Waals surface area contributed by atoms with Crippen molar-refractivity contribution < 1.29 is 18.7 Å². The van der Waals surface area contributed by atoms with Gasteiger partial charge in [0.25, 0.3) is 0 Å². The summed E-state index contributed by atoms with van der Waals surface area (Å²) >= 11 is 1.46. The summed E-state index contributed by atoms with van der Waals surface area (Å²) in [6, 6.07) is 5.64. The summed E-state index contributed by atoms with van der Waals surface area (Å²) in [5.74, 6) is -0.0623. The standard InChI is InChI=1S/C17H23FN2O3S/c1-2-23-9-3-8-19-16(21)14-11-24-15(17(22)20-14)10-12-4-6-13(18)7-5-12/h4-7,14-15H,2-3,8-11H2,1H3,(H,19,21)(H,20,22)/t14-,15+/m0/s1. The Hall–Kier alpha value is -1.60. The normalized spacial score (nSPS) is 20.5. The van der Waals surface area contributed by atoms with Crippen molar-refractivity contribution in [1.29, 1.82) is 0 Å². The first-order valence-electron chi connectivity index (χ1n) is 8.12. The molecule has 0 bridgehead atoms. The summed E-state index contributed by atoms with van der Waals surface area (Å²) in [4.78, 5) is 24.2. The summed E-state index contributed by atoms with van der Waals surface area (Å²) in [7, 11) is 0. The van der Waals surface area contributed by atoms with E-state index in [0.29, 0.717) is 31.9 Å². The van der Waals surface area contributed by atoms with E-state index in [9.17, 15) is 14.0 Å². The second-order valence-corrected chi connectivity index (χ2v) is 6.79. The summed E-state index contributed by atoms with van der Waals surface area (Å²) in [6.07, 6.45) is 1.28. The average Bonchev–Trinajstić information content (AvgIpc) is 2.58. The molecule has 0 radical (unpaired) electrons. The Labute approximate surface area is 145 Å². The lowest BCUT2D eigenvalue weighted by molar-refractivity contribution is -0.128. The minimum Gasteiger partial charge on any atom is -0.382 e. The fraction of sp³-hybridized carbons (Fsp3) is 0.529. The number of hydrogen-bond acceptors (Lipinski definition) is 4. The van der Waals surface area contributed by atoms with Gasteiger partial charge in [-0.3, -0.25) is 9.59 Å². The third kappa shape index (κ3) is 5.79. The number of rotatable bonds is 8. The number of halogens is 1. The van der Waals surface area contributed by atoms with Crippen molar-refractivity contribution in [2.24, 2.45) is 0 Å². The highest BCUT2D eigenvalue weighted by Gasteiger charge is 2.32. The molecule has 1 saturated heterocycles. The van der Waals surface area contributed by atoms with Gasteiger partial charge < -0.3 is 15.4 Å². The molecular weight excluding hydrogens is 331 g/mol.